The first-order chi connectivity index (χ1) is 5.27. The molecule has 1 aromatic rings. The van der Waals surface area contributed by atoms with Crippen molar-refractivity contribution in [3.8, 4) is 0 Å². The number of nitrogens with one attached hydrogen (secondary N) is 1. The van der Waals surface area contributed by atoms with Gasteiger partial charge in [0.05, 0.1) is 6.33 Å². The Morgan fingerprint density at radius 2 is 2.36 bits per heavy atom. The largest absolute Gasteiger partial charge is 0.351 e. The SMILES string of the molecule is CCCC(C)Cl.c1c[nH]cn1. The highest BCUT2D eigenvalue weighted by molar-refractivity contribution is 6.20. The molecule has 11 heavy (non-hydrogen) atoms. The van der Waals surface area contributed by atoms with Crippen molar-refractivity contribution in [2.24, 2.45) is 0 Å². The maximum absolute atomic E-state index is 5.58. The second-order valence-electron chi connectivity index (χ2n) is 2.33. The Labute approximate surface area is 73.0 Å². The third-order valence-electron chi connectivity index (χ3n) is 1.09. The summed E-state index contributed by atoms with van der Waals surface area (Å²) in [5, 5.41) is 0.370. The summed E-state index contributed by atoms with van der Waals surface area (Å²) in [6, 6.07) is 0. The summed E-state index contributed by atoms with van der Waals surface area (Å²) in [7, 11) is 0. The fourth-order valence-electron chi connectivity index (χ4n) is 0.613. The van der Waals surface area contributed by atoms with Crippen LogP contribution in [0.1, 0.15) is 26.7 Å². The maximum Gasteiger partial charge on any atom is 0.0919 e. The van der Waals surface area contributed by atoms with E-state index in [2.05, 4.69) is 16.9 Å². The first-order valence-corrected chi connectivity index (χ1v) is 4.27. The quantitative estimate of drug-likeness (QED) is 0.687. The molecular formula is C8H15ClN2. The van der Waals surface area contributed by atoms with Gasteiger partial charge in [0.2, 0.25) is 0 Å². The van der Waals surface area contributed by atoms with Crippen molar-refractivity contribution >= 4 is 11.6 Å². The van der Waals surface area contributed by atoms with Gasteiger partial charge in [-0.2, -0.15) is 0 Å². The van der Waals surface area contributed by atoms with E-state index in [1.165, 1.54) is 6.42 Å². The second kappa shape index (κ2) is 7.61. The van der Waals surface area contributed by atoms with E-state index in [0.29, 0.717) is 5.38 Å². The van der Waals surface area contributed by atoms with Gasteiger partial charge < -0.3 is 4.98 Å². The average molecular weight is 175 g/mol. The van der Waals surface area contributed by atoms with Gasteiger partial charge in [-0.3, -0.25) is 0 Å². The molecule has 0 spiro atoms. The number of H-pyrrole nitrogens is 1. The molecule has 0 saturated heterocycles. The molecule has 0 aliphatic heterocycles. The Balaban J connectivity index is 0.000000183. The summed E-state index contributed by atoms with van der Waals surface area (Å²) in [5.74, 6) is 0. The monoisotopic (exact) mass is 174 g/mol. The number of hydrogen-bond donors (Lipinski definition) is 1. The fourth-order valence-corrected chi connectivity index (χ4v) is 0.831. The molecule has 3 heteroatoms. The van der Waals surface area contributed by atoms with E-state index in [-0.39, 0.29) is 0 Å². The molecule has 1 atom stereocenters. The van der Waals surface area contributed by atoms with E-state index in [0.717, 1.165) is 6.42 Å². The molecule has 0 amide bonds. The van der Waals surface area contributed by atoms with Crippen LogP contribution in [0.5, 0.6) is 0 Å². The minimum absolute atomic E-state index is 0.370. The molecule has 64 valence electrons. The Kier molecular flexibility index (Phi) is 7.26. The van der Waals surface area contributed by atoms with E-state index in [9.17, 15) is 0 Å². The van der Waals surface area contributed by atoms with Crippen LogP contribution in [0.2, 0.25) is 0 Å². The van der Waals surface area contributed by atoms with Crippen molar-refractivity contribution in [1.82, 2.24) is 9.97 Å². The summed E-state index contributed by atoms with van der Waals surface area (Å²) in [5.41, 5.74) is 0. The molecule has 1 rings (SSSR count). The van der Waals surface area contributed by atoms with Crippen LogP contribution in [0.3, 0.4) is 0 Å². The molecule has 0 bridgehead atoms. The summed E-state index contributed by atoms with van der Waals surface area (Å²) < 4.78 is 0. The molecule has 1 aromatic heterocycles. The topological polar surface area (TPSA) is 28.7 Å². The normalized spacial score (nSPS) is 11.5. The lowest BCUT2D eigenvalue weighted by Crippen LogP contribution is -1.85. The molecule has 0 fully saturated rings. The molecular weight excluding hydrogens is 160 g/mol. The zero-order valence-electron chi connectivity index (χ0n) is 7.05. The molecule has 1 unspecified atom stereocenters. The van der Waals surface area contributed by atoms with Gasteiger partial charge >= 0.3 is 0 Å². The molecule has 1 heterocycles. The van der Waals surface area contributed by atoms with Crippen molar-refractivity contribution in [2.75, 3.05) is 0 Å². The Morgan fingerprint density at radius 3 is 2.45 bits per heavy atom. The number of aromatic nitrogens is 2. The van der Waals surface area contributed by atoms with E-state index in [1.807, 2.05) is 6.92 Å². The minimum Gasteiger partial charge on any atom is -0.351 e. The van der Waals surface area contributed by atoms with Crippen LogP contribution in [0.15, 0.2) is 18.7 Å². The first-order valence-electron chi connectivity index (χ1n) is 3.84. The predicted molar refractivity (Wildman–Crippen MR) is 48.8 cm³/mol. The van der Waals surface area contributed by atoms with Crippen LogP contribution in [0.25, 0.3) is 0 Å². The van der Waals surface area contributed by atoms with Crippen LogP contribution in [0.4, 0.5) is 0 Å². The second-order valence-corrected chi connectivity index (χ2v) is 3.08. The third kappa shape index (κ3) is 9.50. The van der Waals surface area contributed by atoms with Gasteiger partial charge in [-0.15, -0.1) is 11.6 Å². The van der Waals surface area contributed by atoms with E-state index >= 15 is 0 Å². The van der Waals surface area contributed by atoms with Gasteiger partial charge in [0.25, 0.3) is 0 Å². The lowest BCUT2D eigenvalue weighted by atomic mass is 10.3. The Bertz CT molecular complexity index is 121. The number of alkyl halides is 1. The van der Waals surface area contributed by atoms with E-state index in [1.54, 1.807) is 18.7 Å². The highest BCUT2D eigenvalue weighted by Gasteiger charge is 1.88. The number of hydrogen-bond acceptors (Lipinski definition) is 1. The van der Waals surface area contributed by atoms with Crippen molar-refractivity contribution in [3.05, 3.63) is 18.7 Å². The smallest absolute Gasteiger partial charge is 0.0919 e. The van der Waals surface area contributed by atoms with Crippen LogP contribution < -0.4 is 0 Å². The van der Waals surface area contributed by atoms with Crippen molar-refractivity contribution in [2.45, 2.75) is 32.1 Å². The summed E-state index contributed by atoms with van der Waals surface area (Å²) in [6.07, 6.45) is 7.42. The molecule has 0 aliphatic rings. The van der Waals surface area contributed by atoms with Gasteiger partial charge in [-0.25, -0.2) is 4.98 Å². The van der Waals surface area contributed by atoms with Gasteiger partial charge in [0.15, 0.2) is 0 Å². The van der Waals surface area contributed by atoms with Gasteiger partial charge in [-0.05, 0) is 13.3 Å². The summed E-state index contributed by atoms with van der Waals surface area (Å²) >= 11 is 5.58. The van der Waals surface area contributed by atoms with Crippen LogP contribution in [-0.2, 0) is 0 Å². The molecule has 0 aliphatic carbocycles. The van der Waals surface area contributed by atoms with Crippen LogP contribution in [0, 0.1) is 0 Å². The van der Waals surface area contributed by atoms with E-state index < -0.39 is 0 Å². The zero-order chi connectivity index (χ0) is 8.53. The molecule has 0 saturated carbocycles. The Morgan fingerprint density at radius 1 is 1.64 bits per heavy atom. The minimum atomic E-state index is 0.370. The zero-order valence-corrected chi connectivity index (χ0v) is 7.80. The number of rotatable bonds is 2. The van der Waals surface area contributed by atoms with Gasteiger partial charge in [0.1, 0.15) is 0 Å². The summed E-state index contributed by atoms with van der Waals surface area (Å²) in [6.45, 7) is 4.16. The average Bonchev–Trinajstić information content (AvgIpc) is 2.41. The van der Waals surface area contributed by atoms with Gasteiger partial charge in [0, 0.05) is 17.8 Å². The lowest BCUT2D eigenvalue weighted by Gasteiger charge is -1.93. The number of halogens is 1. The molecule has 1 N–H and O–H groups in total. The molecule has 2 nitrogen and oxygen atoms in total. The van der Waals surface area contributed by atoms with Crippen LogP contribution in [-0.4, -0.2) is 15.3 Å². The van der Waals surface area contributed by atoms with Gasteiger partial charge in [-0.1, -0.05) is 13.3 Å². The van der Waals surface area contributed by atoms with Crippen molar-refractivity contribution in [3.63, 3.8) is 0 Å². The molecule has 0 aromatic carbocycles. The summed E-state index contributed by atoms with van der Waals surface area (Å²) in [4.78, 5) is 6.42. The fraction of sp³-hybridized carbons (Fsp3) is 0.625. The number of nitrogens with zero attached hydrogens (tertiary/aromatic N) is 1. The highest BCUT2D eigenvalue weighted by Crippen LogP contribution is 2.01. The van der Waals surface area contributed by atoms with Crippen LogP contribution >= 0.6 is 11.6 Å². The van der Waals surface area contributed by atoms with E-state index in [4.69, 9.17) is 11.6 Å². The number of imidazole rings is 1. The standard InChI is InChI=1S/C5H11Cl.C3H4N2/c1-3-4-5(2)6;1-2-5-3-4-1/h5H,3-4H2,1-2H3;1-3H,(H,4,5). The molecule has 0 radical (unpaired) electrons. The Hall–Kier alpha value is -0.500. The predicted octanol–water partition coefficient (Wildman–Crippen LogP) is 2.82. The third-order valence-corrected chi connectivity index (χ3v) is 1.31. The number of aromatic amines is 1. The lowest BCUT2D eigenvalue weighted by molar-refractivity contribution is 0.779. The van der Waals surface area contributed by atoms with Crippen molar-refractivity contribution < 1.29 is 0 Å². The maximum atomic E-state index is 5.58. The first kappa shape index (κ1) is 10.5. The van der Waals surface area contributed by atoms with Crippen molar-refractivity contribution in [1.29, 1.82) is 0 Å². The highest BCUT2D eigenvalue weighted by atomic mass is 35.5.